The average Bonchev–Trinajstić information content (AvgIpc) is 3.47. The van der Waals surface area contributed by atoms with Crippen molar-refractivity contribution in [2.45, 2.75) is 24.9 Å². The lowest BCUT2D eigenvalue weighted by molar-refractivity contribution is -0.145. The predicted molar refractivity (Wildman–Crippen MR) is 152 cm³/mol. The number of esters is 1. The maximum atomic E-state index is 13.0. The van der Waals surface area contributed by atoms with E-state index in [1.54, 1.807) is 4.68 Å². The van der Waals surface area contributed by atoms with Crippen molar-refractivity contribution in [2.75, 3.05) is 39.8 Å². The van der Waals surface area contributed by atoms with Gasteiger partial charge >= 0.3 is 5.97 Å². The second-order valence-electron chi connectivity index (χ2n) is 10.0. The van der Waals surface area contributed by atoms with Crippen LogP contribution in [-0.2, 0) is 16.0 Å². The quantitative estimate of drug-likeness (QED) is 0.369. The van der Waals surface area contributed by atoms with Crippen molar-refractivity contribution in [2.24, 2.45) is 5.92 Å². The molecule has 1 fully saturated rings. The Balaban J connectivity index is 1.34. The van der Waals surface area contributed by atoms with Crippen LogP contribution in [0.4, 0.5) is 0 Å². The second-order valence-corrected chi connectivity index (χ2v) is 10.0. The van der Waals surface area contributed by atoms with Crippen LogP contribution in [0.2, 0.25) is 0 Å². The number of nitrogens with zero attached hydrogens (tertiary/aromatic N) is 6. The molecule has 0 N–H and O–H groups in total. The fourth-order valence-electron chi connectivity index (χ4n) is 5.45. The largest absolute Gasteiger partial charge is 0.467 e. The SMILES string of the molecule is COC(=O)C(Cc1ccccc1)n1nnnc1[C@H](C1C=CC=CC1)N1CCN(C/C=C/c2ccccc2)CC1. The molecule has 8 nitrogen and oxygen atoms in total. The second kappa shape index (κ2) is 13.3. The van der Waals surface area contributed by atoms with E-state index in [0.717, 1.165) is 44.7 Å². The summed E-state index contributed by atoms with van der Waals surface area (Å²) in [4.78, 5) is 17.9. The lowest BCUT2D eigenvalue weighted by Crippen LogP contribution is -2.49. The van der Waals surface area contributed by atoms with Gasteiger partial charge in [-0.15, -0.1) is 5.10 Å². The van der Waals surface area contributed by atoms with Crippen LogP contribution in [0.25, 0.3) is 6.08 Å². The van der Waals surface area contributed by atoms with Gasteiger partial charge in [0.25, 0.3) is 0 Å². The zero-order chi connectivity index (χ0) is 26.9. The highest BCUT2D eigenvalue weighted by atomic mass is 16.5. The lowest BCUT2D eigenvalue weighted by Gasteiger charge is -2.41. The number of aromatic nitrogens is 4. The van der Waals surface area contributed by atoms with Crippen LogP contribution in [0, 0.1) is 5.92 Å². The van der Waals surface area contributed by atoms with E-state index in [1.165, 1.54) is 12.7 Å². The van der Waals surface area contributed by atoms with Crippen molar-refractivity contribution in [1.82, 2.24) is 30.0 Å². The molecule has 2 heterocycles. The van der Waals surface area contributed by atoms with Gasteiger partial charge in [0, 0.05) is 45.1 Å². The summed E-state index contributed by atoms with van der Waals surface area (Å²) in [5, 5.41) is 12.9. The Bertz CT molecular complexity index is 1280. The van der Waals surface area contributed by atoms with E-state index in [4.69, 9.17) is 4.74 Å². The van der Waals surface area contributed by atoms with Gasteiger partial charge in [0.1, 0.15) is 0 Å². The van der Waals surface area contributed by atoms with Crippen molar-refractivity contribution in [3.63, 3.8) is 0 Å². The van der Waals surface area contributed by atoms with E-state index in [2.05, 4.69) is 86.0 Å². The van der Waals surface area contributed by atoms with Gasteiger partial charge in [-0.3, -0.25) is 9.80 Å². The van der Waals surface area contributed by atoms with Gasteiger partial charge in [-0.1, -0.05) is 97.1 Å². The van der Waals surface area contributed by atoms with Gasteiger partial charge in [0.15, 0.2) is 11.9 Å². The van der Waals surface area contributed by atoms with E-state index in [-0.39, 0.29) is 17.9 Å². The molecule has 1 aliphatic heterocycles. The Morgan fingerprint density at radius 3 is 2.46 bits per heavy atom. The molecular formula is C31H36N6O2. The minimum Gasteiger partial charge on any atom is -0.467 e. The van der Waals surface area contributed by atoms with E-state index in [1.807, 2.05) is 36.4 Å². The maximum absolute atomic E-state index is 13.0. The lowest BCUT2D eigenvalue weighted by atomic mass is 9.90. The molecule has 0 spiro atoms. The summed E-state index contributed by atoms with van der Waals surface area (Å²) in [7, 11) is 1.42. The van der Waals surface area contributed by atoms with Crippen molar-refractivity contribution < 1.29 is 9.53 Å². The molecule has 1 aromatic heterocycles. The maximum Gasteiger partial charge on any atom is 0.331 e. The first kappa shape index (κ1) is 26.7. The third kappa shape index (κ3) is 6.77. The van der Waals surface area contributed by atoms with Crippen LogP contribution in [0.3, 0.4) is 0 Å². The number of carbonyl (C=O) groups is 1. The molecule has 0 amide bonds. The van der Waals surface area contributed by atoms with Crippen molar-refractivity contribution >= 4 is 12.0 Å². The molecule has 8 heteroatoms. The van der Waals surface area contributed by atoms with Crippen molar-refractivity contribution in [3.05, 3.63) is 108 Å². The fraction of sp³-hybridized carbons (Fsp3) is 0.355. The molecular weight excluding hydrogens is 488 g/mol. The van der Waals surface area contributed by atoms with E-state index < -0.39 is 6.04 Å². The number of piperazine rings is 1. The smallest absolute Gasteiger partial charge is 0.331 e. The number of methoxy groups -OCH3 is 1. The molecule has 0 radical (unpaired) electrons. The molecule has 39 heavy (non-hydrogen) atoms. The van der Waals surface area contributed by atoms with Crippen LogP contribution in [0.1, 0.15) is 35.5 Å². The Labute approximate surface area is 230 Å². The first-order valence-corrected chi connectivity index (χ1v) is 13.6. The number of allylic oxidation sites excluding steroid dienone is 3. The Hall–Kier alpha value is -3.88. The summed E-state index contributed by atoms with van der Waals surface area (Å²) in [6.07, 6.45) is 14.4. The minimum atomic E-state index is -0.641. The molecule has 1 saturated heterocycles. The summed E-state index contributed by atoms with van der Waals surface area (Å²) >= 11 is 0. The van der Waals surface area contributed by atoms with Crippen LogP contribution in [0.15, 0.2) is 91.0 Å². The average molecular weight is 525 g/mol. The molecule has 3 atom stereocenters. The molecule has 3 aromatic rings. The Morgan fingerprint density at radius 1 is 1.03 bits per heavy atom. The van der Waals surface area contributed by atoms with Crippen LogP contribution < -0.4 is 0 Å². The third-order valence-corrected chi connectivity index (χ3v) is 7.52. The predicted octanol–water partition coefficient (Wildman–Crippen LogP) is 4.13. The fourth-order valence-corrected chi connectivity index (χ4v) is 5.45. The Morgan fingerprint density at radius 2 is 1.77 bits per heavy atom. The van der Waals surface area contributed by atoms with Crippen LogP contribution in [0.5, 0.6) is 0 Å². The highest BCUT2D eigenvalue weighted by Crippen LogP contribution is 2.34. The molecule has 1 aliphatic carbocycles. The van der Waals surface area contributed by atoms with Crippen LogP contribution in [-0.4, -0.2) is 75.8 Å². The molecule has 2 aromatic carbocycles. The minimum absolute atomic E-state index is 0.0499. The van der Waals surface area contributed by atoms with Gasteiger partial charge in [0.05, 0.1) is 13.2 Å². The molecule has 0 bridgehead atoms. The summed E-state index contributed by atoms with van der Waals surface area (Å²) in [6.45, 7) is 4.61. The van der Waals surface area contributed by atoms with Gasteiger partial charge in [-0.05, 0) is 28.0 Å². The third-order valence-electron chi connectivity index (χ3n) is 7.52. The van der Waals surface area contributed by atoms with E-state index in [9.17, 15) is 4.79 Å². The summed E-state index contributed by atoms with van der Waals surface area (Å²) < 4.78 is 6.91. The number of ether oxygens (including phenoxy) is 1. The highest BCUT2D eigenvalue weighted by Gasteiger charge is 2.37. The van der Waals surface area contributed by atoms with E-state index >= 15 is 0 Å². The number of tetrazole rings is 1. The first-order chi connectivity index (χ1) is 19.2. The standard InChI is InChI=1S/C31H36N6O2/c1-39-31(38)28(24-26-14-7-3-8-15-26)37-30(32-33-34-37)29(27-17-9-4-10-18-27)36-22-20-35(21-23-36)19-11-16-25-12-5-2-6-13-25/h2-17,27-29H,18-24H2,1H3/b16-11+/t27?,28?,29-/m0/s1. The number of benzene rings is 2. The number of hydrogen-bond donors (Lipinski definition) is 0. The summed E-state index contributed by atoms with van der Waals surface area (Å²) in [6, 6.07) is 19.6. The zero-order valence-corrected chi connectivity index (χ0v) is 22.4. The Kier molecular flexibility index (Phi) is 9.09. The van der Waals surface area contributed by atoms with Crippen molar-refractivity contribution in [3.8, 4) is 0 Å². The van der Waals surface area contributed by atoms with Gasteiger partial charge < -0.3 is 4.74 Å². The highest BCUT2D eigenvalue weighted by molar-refractivity contribution is 5.74. The molecule has 2 unspecified atom stereocenters. The number of carbonyl (C=O) groups excluding carboxylic acids is 1. The number of rotatable bonds is 10. The molecule has 202 valence electrons. The zero-order valence-electron chi connectivity index (χ0n) is 22.4. The molecule has 5 rings (SSSR count). The topological polar surface area (TPSA) is 76.4 Å². The van der Waals surface area contributed by atoms with E-state index in [0.29, 0.717) is 12.2 Å². The molecule has 0 saturated carbocycles. The van der Waals surface area contributed by atoms with Crippen LogP contribution >= 0.6 is 0 Å². The first-order valence-electron chi connectivity index (χ1n) is 13.6. The monoisotopic (exact) mass is 524 g/mol. The summed E-state index contributed by atoms with van der Waals surface area (Å²) in [5.74, 6) is 0.572. The summed E-state index contributed by atoms with van der Waals surface area (Å²) in [5.41, 5.74) is 2.25. The van der Waals surface area contributed by atoms with Gasteiger partial charge in [0.2, 0.25) is 0 Å². The van der Waals surface area contributed by atoms with Gasteiger partial charge in [-0.2, -0.15) is 0 Å². The normalized spacial score (nSPS) is 19.8. The van der Waals surface area contributed by atoms with Gasteiger partial charge in [-0.25, -0.2) is 9.48 Å². The van der Waals surface area contributed by atoms with Crippen molar-refractivity contribution in [1.29, 1.82) is 0 Å². The number of hydrogen-bond acceptors (Lipinski definition) is 7. The molecule has 2 aliphatic rings.